The molecule has 1 aliphatic rings. The van der Waals surface area contributed by atoms with Crippen molar-refractivity contribution < 1.29 is 9.59 Å². The third-order valence-electron chi connectivity index (χ3n) is 3.71. The number of hydrogen-bond donors (Lipinski definition) is 2. The minimum absolute atomic E-state index is 0.0643. The Morgan fingerprint density at radius 1 is 1.27 bits per heavy atom. The molecule has 0 radical (unpaired) electrons. The molecule has 2 amide bonds. The van der Waals surface area contributed by atoms with Crippen LogP contribution in [0.3, 0.4) is 0 Å². The smallest absolute Gasteiger partial charge is 0.256 e. The molecule has 0 spiro atoms. The van der Waals surface area contributed by atoms with Gasteiger partial charge in [0.2, 0.25) is 5.91 Å². The van der Waals surface area contributed by atoms with Gasteiger partial charge in [0, 0.05) is 24.5 Å². The zero-order valence-electron chi connectivity index (χ0n) is 12.8. The maximum Gasteiger partial charge on any atom is 0.256 e. The molecule has 22 heavy (non-hydrogen) atoms. The molecule has 120 valence electrons. The van der Waals surface area contributed by atoms with E-state index in [1.807, 2.05) is 11.9 Å². The molecule has 1 saturated heterocycles. The monoisotopic (exact) mass is 323 g/mol. The number of anilines is 1. The van der Waals surface area contributed by atoms with Gasteiger partial charge in [-0.2, -0.15) is 0 Å². The first-order chi connectivity index (χ1) is 10.6. The number of likely N-dealkylation sites (tertiary alicyclic amines) is 1. The van der Waals surface area contributed by atoms with E-state index in [1.165, 1.54) is 0 Å². The van der Waals surface area contributed by atoms with E-state index >= 15 is 0 Å². The van der Waals surface area contributed by atoms with Gasteiger partial charge in [-0.3, -0.25) is 9.59 Å². The number of carbonyl (C=O) groups is 2. The number of nitrogens with zero attached hydrogens (tertiary/aromatic N) is 1. The fraction of sp³-hybridized carbons (Fsp3) is 0.500. The van der Waals surface area contributed by atoms with Gasteiger partial charge in [0.25, 0.3) is 5.91 Å². The van der Waals surface area contributed by atoms with Gasteiger partial charge in [0.05, 0.1) is 11.3 Å². The Labute approximate surface area is 136 Å². The lowest BCUT2D eigenvalue weighted by atomic mass is 10.1. The van der Waals surface area contributed by atoms with Gasteiger partial charge in [-0.1, -0.05) is 11.6 Å². The number of carbonyl (C=O) groups excluding carboxylic acids is 2. The Balaban J connectivity index is 2.10. The SMILES string of the molecule is CNCCCC(=O)Nc1ccc(Cl)cc1C(=O)N1CCCC1. The van der Waals surface area contributed by atoms with E-state index in [4.69, 9.17) is 11.6 Å². The maximum absolute atomic E-state index is 12.6. The van der Waals surface area contributed by atoms with Crippen LogP contribution in [0.1, 0.15) is 36.0 Å². The number of benzene rings is 1. The zero-order chi connectivity index (χ0) is 15.9. The molecular weight excluding hydrogens is 302 g/mol. The van der Waals surface area contributed by atoms with Crippen molar-refractivity contribution in [3.8, 4) is 0 Å². The largest absolute Gasteiger partial charge is 0.339 e. The lowest BCUT2D eigenvalue weighted by Crippen LogP contribution is -2.29. The number of amides is 2. The van der Waals surface area contributed by atoms with Gasteiger partial charge in [0.1, 0.15) is 0 Å². The first-order valence-corrected chi connectivity index (χ1v) is 8.03. The Morgan fingerprint density at radius 3 is 2.68 bits per heavy atom. The summed E-state index contributed by atoms with van der Waals surface area (Å²) in [5.74, 6) is -0.154. The molecule has 0 aromatic heterocycles. The van der Waals surface area contributed by atoms with E-state index in [0.717, 1.165) is 38.9 Å². The number of hydrogen-bond acceptors (Lipinski definition) is 3. The second-order valence-electron chi connectivity index (χ2n) is 5.44. The molecule has 1 aromatic rings. The van der Waals surface area contributed by atoms with Crippen molar-refractivity contribution in [3.63, 3.8) is 0 Å². The van der Waals surface area contributed by atoms with Crippen LogP contribution >= 0.6 is 11.6 Å². The standard InChI is InChI=1S/C16H22ClN3O2/c1-18-8-4-5-15(21)19-14-7-6-12(17)11-13(14)16(22)20-9-2-3-10-20/h6-7,11,18H,2-5,8-10H2,1H3,(H,19,21). The average Bonchev–Trinajstić information content (AvgIpc) is 3.03. The van der Waals surface area contributed by atoms with Crippen LogP contribution in [-0.4, -0.2) is 43.4 Å². The van der Waals surface area contributed by atoms with E-state index in [0.29, 0.717) is 22.7 Å². The van der Waals surface area contributed by atoms with Crippen molar-refractivity contribution in [3.05, 3.63) is 28.8 Å². The van der Waals surface area contributed by atoms with Crippen LogP contribution in [0.4, 0.5) is 5.69 Å². The highest BCUT2D eigenvalue weighted by Crippen LogP contribution is 2.24. The van der Waals surface area contributed by atoms with Crippen molar-refractivity contribution in [1.82, 2.24) is 10.2 Å². The fourth-order valence-electron chi connectivity index (χ4n) is 2.53. The Hall–Kier alpha value is -1.59. The minimum Gasteiger partial charge on any atom is -0.339 e. The van der Waals surface area contributed by atoms with Gasteiger partial charge in [-0.25, -0.2) is 0 Å². The number of halogens is 1. The summed E-state index contributed by atoms with van der Waals surface area (Å²) < 4.78 is 0. The molecule has 0 atom stereocenters. The third-order valence-corrected chi connectivity index (χ3v) is 3.95. The van der Waals surface area contributed by atoms with Gasteiger partial charge in [0.15, 0.2) is 0 Å². The van der Waals surface area contributed by atoms with Crippen LogP contribution in [0.15, 0.2) is 18.2 Å². The van der Waals surface area contributed by atoms with Gasteiger partial charge in [-0.05, 0) is 51.1 Å². The Morgan fingerprint density at radius 2 is 2.00 bits per heavy atom. The van der Waals surface area contributed by atoms with Gasteiger partial charge >= 0.3 is 0 Å². The Kier molecular flexibility index (Phi) is 6.21. The summed E-state index contributed by atoms with van der Waals surface area (Å²) in [7, 11) is 1.85. The van der Waals surface area contributed by atoms with Crippen LogP contribution in [0.25, 0.3) is 0 Å². The predicted molar refractivity (Wildman–Crippen MR) is 88.4 cm³/mol. The molecule has 1 fully saturated rings. The minimum atomic E-state index is -0.0898. The quantitative estimate of drug-likeness (QED) is 0.791. The summed E-state index contributed by atoms with van der Waals surface area (Å²) in [6, 6.07) is 5.01. The highest BCUT2D eigenvalue weighted by atomic mass is 35.5. The molecule has 0 bridgehead atoms. The van der Waals surface area contributed by atoms with E-state index in [2.05, 4.69) is 10.6 Å². The van der Waals surface area contributed by atoms with Crippen molar-refractivity contribution in [1.29, 1.82) is 0 Å². The molecular formula is C16H22ClN3O2. The lowest BCUT2D eigenvalue weighted by molar-refractivity contribution is -0.116. The summed E-state index contributed by atoms with van der Waals surface area (Å²) >= 11 is 6.01. The van der Waals surface area contributed by atoms with Crippen molar-refractivity contribution in [2.75, 3.05) is 32.0 Å². The van der Waals surface area contributed by atoms with Crippen LogP contribution in [0.5, 0.6) is 0 Å². The summed E-state index contributed by atoms with van der Waals surface area (Å²) in [6.45, 7) is 2.31. The van der Waals surface area contributed by atoms with Crippen LogP contribution in [0, 0.1) is 0 Å². The highest BCUT2D eigenvalue weighted by Gasteiger charge is 2.22. The summed E-state index contributed by atoms with van der Waals surface area (Å²) in [4.78, 5) is 26.3. The third kappa shape index (κ3) is 4.45. The topological polar surface area (TPSA) is 61.4 Å². The van der Waals surface area contributed by atoms with E-state index in [9.17, 15) is 9.59 Å². The fourth-order valence-corrected chi connectivity index (χ4v) is 2.70. The Bertz CT molecular complexity index is 542. The molecule has 2 rings (SSSR count). The normalized spacial score (nSPS) is 14.2. The van der Waals surface area contributed by atoms with Gasteiger partial charge in [-0.15, -0.1) is 0 Å². The van der Waals surface area contributed by atoms with Crippen LogP contribution < -0.4 is 10.6 Å². The first kappa shape index (κ1) is 16.8. The molecule has 5 nitrogen and oxygen atoms in total. The molecule has 1 aliphatic heterocycles. The highest BCUT2D eigenvalue weighted by molar-refractivity contribution is 6.31. The van der Waals surface area contributed by atoms with E-state index in [-0.39, 0.29) is 11.8 Å². The first-order valence-electron chi connectivity index (χ1n) is 7.65. The lowest BCUT2D eigenvalue weighted by Gasteiger charge is -2.18. The van der Waals surface area contributed by atoms with Crippen molar-refractivity contribution in [2.24, 2.45) is 0 Å². The molecule has 1 heterocycles. The molecule has 2 N–H and O–H groups in total. The maximum atomic E-state index is 12.6. The molecule has 1 aromatic carbocycles. The zero-order valence-corrected chi connectivity index (χ0v) is 13.6. The second kappa shape index (κ2) is 8.15. The van der Waals surface area contributed by atoms with E-state index < -0.39 is 0 Å². The van der Waals surface area contributed by atoms with Gasteiger partial charge < -0.3 is 15.5 Å². The second-order valence-corrected chi connectivity index (χ2v) is 5.88. The van der Waals surface area contributed by atoms with E-state index in [1.54, 1.807) is 18.2 Å². The molecule has 0 saturated carbocycles. The van der Waals surface area contributed by atoms with Crippen LogP contribution in [0.2, 0.25) is 5.02 Å². The molecule has 0 aliphatic carbocycles. The van der Waals surface area contributed by atoms with Crippen molar-refractivity contribution in [2.45, 2.75) is 25.7 Å². The molecule has 6 heteroatoms. The molecule has 0 unspecified atom stereocenters. The number of nitrogens with one attached hydrogen (secondary N) is 2. The summed E-state index contributed by atoms with van der Waals surface area (Å²) in [6.07, 6.45) is 3.22. The average molecular weight is 324 g/mol. The number of rotatable bonds is 6. The van der Waals surface area contributed by atoms with Crippen LogP contribution in [-0.2, 0) is 4.79 Å². The summed E-state index contributed by atoms with van der Waals surface area (Å²) in [5, 5.41) is 6.33. The summed E-state index contributed by atoms with van der Waals surface area (Å²) in [5.41, 5.74) is 1.01. The predicted octanol–water partition coefficient (Wildman–Crippen LogP) is 2.51. The van der Waals surface area contributed by atoms with Crippen molar-refractivity contribution >= 4 is 29.1 Å².